The molecule has 1 N–H and O–H groups in total. The molecule has 1 amide bonds. The fourth-order valence-electron chi connectivity index (χ4n) is 3.34. The molecule has 20 heavy (non-hydrogen) atoms. The van der Waals surface area contributed by atoms with Gasteiger partial charge in [-0.15, -0.1) is 0 Å². The van der Waals surface area contributed by atoms with E-state index < -0.39 is 11.6 Å². The van der Waals surface area contributed by atoms with Crippen molar-refractivity contribution in [2.45, 2.75) is 25.8 Å². The van der Waals surface area contributed by atoms with E-state index in [1.54, 1.807) is 4.90 Å². The predicted octanol–water partition coefficient (Wildman–Crippen LogP) is 2.07. The summed E-state index contributed by atoms with van der Waals surface area (Å²) in [7, 11) is 0. The van der Waals surface area contributed by atoms with Crippen molar-refractivity contribution < 1.29 is 13.6 Å². The Balaban J connectivity index is 1.73. The Labute approximate surface area is 117 Å². The molecule has 2 saturated heterocycles. The van der Waals surface area contributed by atoms with E-state index in [9.17, 15) is 13.6 Å². The number of amides is 1. The van der Waals surface area contributed by atoms with Crippen molar-refractivity contribution in [1.82, 2.24) is 10.2 Å². The topological polar surface area (TPSA) is 32.3 Å². The first-order valence-electron chi connectivity index (χ1n) is 7.00. The monoisotopic (exact) mass is 280 g/mol. The van der Waals surface area contributed by atoms with Gasteiger partial charge in [0.2, 0.25) is 5.91 Å². The zero-order valence-corrected chi connectivity index (χ0v) is 11.3. The minimum Gasteiger partial charge on any atom is -0.338 e. The summed E-state index contributed by atoms with van der Waals surface area (Å²) < 4.78 is 26.4. The molecule has 108 valence electrons. The summed E-state index contributed by atoms with van der Waals surface area (Å²) >= 11 is 0. The van der Waals surface area contributed by atoms with Crippen molar-refractivity contribution in [2.75, 3.05) is 19.6 Å². The Morgan fingerprint density at radius 2 is 1.80 bits per heavy atom. The van der Waals surface area contributed by atoms with Gasteiger partial charge in [0, 0.05) is 25.6 Å². The van der Waals surface area contributed by atoms with Crippen LogP contribution in [-0.2, 0) is 11.3 Å². The third-order valence-electron chi connectivity index (χ3n) is 4.37. The Morgan fingerprint density at radius 3 is 2.45 bits per heavy atom. The van der Waals surface area contributed by atoms with Crippen molar-refractivity contribution in [3.8, 4) is 0 Å². The molecule has 0 unspecified atom stereocenters. The number of piperidine rings is 1. The number of hydrogen-bond donors (Lipinski definition) is 1. The Morgan fingerprint density at radius 1 is 1.15 bits per heavy atom. The van der Waals surface area contributed by atoms with Gasteiger partial charge in [0.25, 0.3) is 0 Å². The largest absolute Gasteiger partial charge is 0.338 e. The van der Waals surface area contributed by atoms with E-state index in [4.69, 9.17) is 0 Å². The summed E-state index contributed by atoms with van der Waals surface area (Å²) in [5.41, 5.74) is 0.579. The number of rotatable bonds is 2. The van der Waals surface area contributed by atoms with Crippen LogP contribution in [0, 0.1) is 17.0 Å². The molecule has 5 heteroatoms. The van der Waals surface area contributed by atoms with Gasteiger partial charge in [-0.1, -0.05) is 0 Å². The molecular weight excluding hydrogens is 262 g/mol. The van der Waals surface area contributed by atoms with Crippen LogP contribution < -0.4 is 5.32 Å². The molecule has 2 aliphatic heterocycles. The normalized spacial score (nSPS) is 21.7. The van der Waals surface area contributed by atoms with Crippen LogP contribution in [0.1, 0.15) is 24.8 Å². The van der Waals surface area contributed by atoms with Gasteiger partial charge >= 0.3 is 0 Å². The molecule has 2 fully saturated rings. The maximum atomic E-state index is 13.2. The molecule has 1 aromatic carbocycles. The molecule has 3 rings (SSSR count). The molecule has 0 atom stereocenters. The van der Waals surface area contributed by atoms with Crippen LogP contribution in [0.25, 0.3) is 0 Å². The van der Waals surface area contributed by atoms with Crippen LogP contribution >= 0.6 is 0 Å². The van der Waals surface area contributed by atoms with E-state index in [1.165, 1.54) is 12.1 Å². The SMILES string of the molecule is O=C1CC2(CCNCC2)CN1Cc1cc(F)cc(F)c1. The fourth-order valence-corrected chi connectivity index (χ4v) is 3.34. The van der Waals surface area contributed by atoms with Crippen LogP contribution in [0.2, 0.25) is 0 Å². The van der Waals surface area contributed by atoms with Crippen molar-refractivity contribution >= 4 is 5.91 Å². The molecule has 2 aliphatic rings. The van der Waals surface area contributed by atoms with Crippen molar-refractivity contribution in [2.24, 2.45) is 5.41 Å². The summed E-state index contributed by atoms with van der Waals surface area (Å²) in [6.07, 6.45) is 2.55. The molecule has 2 heterocycles. The van der Waals surface area contributed by atoms with Gasteiger partial charge in [-0.2, -0.15) is 0 Å². The maximum absolute atomic E-state index is 13.2. The molecule has 0 bridgehead atoms. The Bertz CT molecular complexity index is 506. The summed E-state index contributed by atoms with van der Waals surface area (Å²) in [5, 5.41) is 3.30. The van der Waals surface area contributed by atoms with Crippen LogP contribution in [0.4, 0.5) is 8.78 Å². The molecular formula is C15H18F2N2O. The summed E-state index contributed by atoms with van der Waals surface area (Å²) in [6.45, 7) is 2.87. The molecule has 0 saturated carbocycles. The first-order valence-corrected chi connectivity index (χ1v) is 7.00. The minimum absolute atomic E-state index is 0.0637. The minimum atomic E-state index is -0.594. The lowest BCUT2D eigenvalue weighted by atomic mass is 9.78. The van der Waals surface area contributed by atoms with E-state index in [2.05, 4.69) is 5.32 Å². The van der Waals surface area contributed by atoms with Crippen LogP contribution in [0.3, 0.4) is 0 Å². The number of benzene rings is 1. The average Bonchev–Trinajstić information content (AvgIpc) is 2.65. The highest BCUT2D eigenvalue weighted by atomic mass is 19.1. The zero-order chi connectivity index (χ0) is 14.2. The summed E-state index contributed by atoms with van der Waals surface area (Å²) in [4.78, 5) is 13.9. The highest BCUT2D eigenvalue weighted by Crippen LogP contribution is 2.39. The maximum Gasteiger partial charge on any atom is 0.223 e. The molecule has 0 aliphatic carbocycles. The first kappa shape index (κ1) is 13.5. The fraction of sp³-hybridized carbons (Fsp3) is 0.533. The van der Waals surface area contributed by atoms with E-state index >= 15 is 0 Å². The van der Waals surface area contributed by atoms with Gasteiger partial charge in [-0.05, 0) is 49.0 Å². The number of hydrogen-bond acceptors (Lipinski definition) is 2. The summed E-state index contributed by atoms with van der Waals surface area (Å²) in [6, 6.07) is 3.44. The quantitative estimate of drug-likeness (QED) is 0.899. The molecule has 0 radical (unpaired) electrons. The van der Waals surface area contributed by atoms with Crippen LogP contribution in [-0.4, -0.2) is 30.4 Å². The van der Waals surface area contributed by atoms with E-state index in [1.807, 2.05) is 0 Å². The molecule has 1 aromatic rings. The second-order valence-corrected chi connectivity index (χ2v) is 5.95. The van der Waals surface area contributed by atoms with E-state index in [0.29, 0.717) is 25.1 Å². The third-order valence-corrected chi connectivity index (χ3v) is 4.37. The molecule has 0 aromatic heterocycles. The van der Waals surface area contributed by atoms with Gasteiger partial charge in [-0.25, -0.2) is 8.78 Å². The Kier molecular flexibility index (Phi) is 3.46. The van der Waals surface area contributed by atoms with Crippen LogP contribution in [0.5, 0.6) is 0 Å². The standard InChI is InChI=1S/C15H18F2N2O/c16-12-5-11(6-13(17)7-12)9-19-10-15(8-14(19)20)1-3-18-4-2-15/h5-7,18H,1-4,8-10H2. The first-order chi connectivity index (χ1) is 9.56. The van der Waals surface area contributed by atoms with Gasteiger partial charge in [0.1, 0.15) is 11.6 Å². The van der Waals surface area contributed by atoms with Crippen molar-refractivity contribution in [3.05, 3.63) is 35.4 Å². The number of carbonyl (C=O) groups excluding carboxylic acids is 1. The highest BCUT2D eigenvalue weighted by Gasteiger charge is 2.43. The van der Waals surface area contributed by atoms with Gasteiger partial charge < -0.3 is 10.2 Å². The lowest BCUT2D eigenvalue weighted by Gasteiger charge is -2.33. The molecule has 3 nitrogen and oxygen atoms in total. The lowest BCUT2D eigenvalue weighted by molar-refractivity contribution is -0.128. The van der Waals surface area contributed by atoms with E-state index in [-0.39, 0.29) is 11.3 Å². The van der Waals surface area contributed by atoms with Gasteiger partial charge in [0.15, 0.2) is 0 Å². The number of halogens is 2. The highest BCUT2D eigenvalue weighted by molar-refractivity contribution is 5.79. The lowest BCUT2D eigenvalue weighted by Crippen LogP contribution is -2.38. The second-order valence-electron chi connectivity index (χ2n) is 5.95. The van der Waals surface area contributed by atoms with Gasteiger partial charge in [0.05, 0.1) is 0 Å². The Hall–Kier alpha value is -1.49. The number of carbonyl (C=O) groups is 1. The van der Waals surface area contributed by atoms with E-state index in [0.717, 1.165) is 32.0 Å². The van der Waals surface area contributed by atoms with Gasteiger partial charge in [-0.3, -0.25) is 4.79 Å². The third kappa shape index (κ3) is 2.68. The predicted molar refractivity (Wildman–Crippen MR) is 70.9 cm³/mol. The second kappa shape index (κ2) is 5.13. The average molecular weight is 280 g/mol. The van der Waals surface area contributed by atoms with Crippen molar-refractivity contribution in [1.29, 1.82) is 0 Å². The number of nitrogens with zero attached hydrogens (tertiary/aromatic N) is 1. The molecule has 1 spiro atoms. The smallest absolute Gasteiger partial charge is 0.223 e. The van der Waals surface area contributed by atoms with Crippen LogP contribution in [0.15, 0.2) is 18.2 Å². The van der Waals surface area contributed by atoms with Crippen molar-refractivity contribution in [3.63, 3.8) is 0 Å². The number of nitrogens with one attached hydrogen (secondary N) is 1. The zero-order valence-electron chi connectivity index (χ0n) is 11.3. The summed E-state index contributed by atoms with van der Waals surface area (Å²) in [5.74, 6) is -1.09. The number of likely N-dealkylation sites (tertiary alicyclic amines) is 1.